The fourth-order valence-electron chi connectivity index (χ4n) is 2.28. The zero-order chi connectivity index (χ0) is 10.5. The van der Waals surface area contributed by atoms with Crippen molar-refractivity contribution in [1.82, 2.24) is 9.80 Å². The van der Waals surface area contributed by atoms with Crippen LogP contribution < -0.4 is 0 Å². The lowest BCUT2D eigenvalue weighted by atomic mass is 10.1. The number of piperidine rings is 1. The Labute approximate surface area is 91.7 Å². The van der Waals surface area contributed by atoms with Crippen molar-refractivity contribution in [1.29, 1.82) is 0 Å². The molecule has 2 heterocycles. The van der Waals surface area contributed by atoms with Crippen LogP contribution in [0.25, 0.3) is 0 Å². The van der Waals surface area contributed by atoms with E-state index in [1.54, 1.807) is 6.08 Å². The van der Waals surface area contributed by atoms with Crippen molar-refractivity contribution in [2.45, 2.75) is 32.1 Å². The van der Waals surface area contributed by atoms with Crippen LogP contribution in [0.4, 0.5) is 0 Å². The van der Waals surface area contributed by atoms with E-state index in [1.165, 1.54) is 32.1 Å². The lowest BCUT2D eigenvalue weighted by Crippen LogP contribution is -2.28. The molecular formula is C12H20N2O. The van der Waals surface area contributed by atoms with E-state index in [2.05, 4.69) is 4.90 Å². The van der Waals surface area contributed by atoms with Crippen molar-refractivity contribution < 1.29 is 4.79 Å². The average molecular weight is 208 g/mol. The molecule has 2 fully saturated rings. The molecule has 84 valence electrons. The molecular weight excluding hydrogens is 188 g/mol. The second-order valence-corrected chi connectivity index (χ2v) is 4.44. The van der Waals surface area contributed by atoms with Crippen LogP contribution in [0.5, 0.6) is 0 Å². The molecule has 0 atom stereocenters. The highest BCUT2D eigenvalue weighted by atomic mass is 16.2. The van der Waals surface area contributed by atoms with Gasteiger partial charge in [-0.15, -0.1) is 0 Å². The predicted molar refractivity (Wildman–Crippen MR) is 60.4 cm³/mol. The highest BCUT2D eigenvalue weighted by molar-refractivity contribution is 5.87. The smallest absolute Gasteiger partial charge is 0.248 e. The molecule has 2 rings (SSSR count). The molecule has 0 N–H and O–H groups in total. The first kappa shape index (κ1) is 10.5. The number of amides is 1. The highest BCUT2D eigenvalue weighted by Crippen LogP contribution is 2.10. The summed E-state index contributed by atoms with van der Waals surface area (Å²) in [6.45, 7) is 4.12. The Morgan fingerprint density at radius 3 is 2.13 bits per heavy atom. The number of hydrogen-bond acceptors (Lipinski definition) is 2. The number of carbonyl (C=O) groups is 1. The van der Waals surface area contributed by atoms with E-state index in [4.69, 9.17) is 0 Å². The SMILES string of the molecule is O=C(/C=C/N1CCCCC1)N1CCCC1. The number of hydrogen-bond donors (Lipinski definition) is 0. The third-order valence-electron chi connectivity index (χ3n) is 3.24. The monoisotopic (exact) mass is 208 g/mol. The first-order chi connectivity index (χ1) is 7.36. The minimum absolute atomic E-state index is 0.193. The standard InChI is InChI=1S/C12H20N2O/c15-12(14-9-4-5-10-14)6-11-13-7-2-1-3-8-13/h6,11H,1-5,7-10H2/b11-6+. The lowest BCUT2D eigenvalue weighted by Gasteiger charge is -2.25. The van der Waals surface area contributed by atoms with Crippen LogP contribution in [-0.4, -0.2) is 41.9 Å². The van der Waals surface area contributed by atoms with Gasteiger partial charge in [-0.05, 0) is 32.1 Å². The van der Waals surface area contributed by atoms with E-state index < -0.39 is 0 Å². The molecule has 2 aliphatic heterocycles. The average Bonchev–Trinajstić information content (AvgIpc) is 2.81. The van der Waals surface area contributed by atoms with Crippen molar-refractivity contribution in [3.05, 3.63) is 12.3 Å². The fourth-order valence-corrected chi connectivity index (χ4v) is 2.28. The van der Waals surface area contributed by atoms with Crippen molar-refractivity contribution >= 4 is 5.91 Å². The Balaban J connectivity index is 1.78. The van der Waals surface area contributed by atoms with Gasteiger partial charge in [0.25, 0.3) is 0 Å². The largest absolute Gasteiger partial charge is 0.377 e. The van der Waals surface area contributed by atoms with Crippen LogP contribution in [-0.2, 0) is 4.79 Å². The molecule has 2 saturated heterocycles. The van der Waals surface area contributed by atoms with E-state index in [0.717, 1.165) is 26.2 Å². The molecule has 0 bridgehead atoms. The second kappa shape index (κ2) is 5.19. The van der Waals surface area contributed by atoms with Crippen molar-refractivity contribution in [2.24, 2.45) is 0 Å². The summed E-state index contributed by atoms with van der Waals surface area (Å²) < 4.78 is 0. The predicted octanol–water partition coefficient (Wildman–Crippen LogP) is 1.61. The Bertz CT molecular complexity index is 238. The van der Waals surface area contributed by atoms with Gasteiger partial charge in [0.05, 0.1) is 0 Å². The Hall–Kier alpha value is -0.990. The maximum atomic E-state index is 11.7. The van der Waals surface area contributed by atoms with Crippen LogP contribution in [0.1, 0.15) is 32.1 Å². The van der Waals surface area contributed by atoms with E-state index in [1.807, 2.05) is 11.1 Å². The first-order valence-electron chi connectivity index (χ1n) is 6.07. The van der Waals surface area contributed by atoms with Crippen molar-refractivity contribution in [2.75, 3.05) is 26.2 Å². The number of nitrogens with zero attached hydrogens (tertiary/aromatic N) is 2. The van der Waals surface area contributed by atoms with Crippen molar-refractivity contribution in [3.63, 3.8) is 0 Å². The Morgan fingerprint density at radius 1 is 0.867 bits per heavy atom. The van der Waals surface area contributed by atoms with Gasteiger partial charge in [0.15, 0.2) is 0 Å². The summed E-state index contributed by atoms with van der Waals surface area (Å²) in [6, 6.07) is 0. The molecule has 0 aromatic carbocycles. The van der Waals surface area contributed by atoms with Gasteiger partial charge >= 0.3 is 0 Å². The summed E-state index contributed by atoms with van der Waals surface area (Å²) >= 11 is 0. The molecule has 0 saturated carbocycles. The quantitative estimate of drug-likeness (QED) is 0.644. The maximum absolute atomic E-state index is 11.7. The Morgan fingerprint density at radius 2 is 1.47 bits per heavy atom. The van der Waals surface area contributed by atoms with Gasteiger partial charge < -0.3 is 9.80 Å². The topological polar surface area (TPSA) is 23.6 Å². The number of likely N-dealkylation sites (tertiary alicyclic amines) is 2. The third-order valence-corrected chi connectivity index (χ3v) is 3.24. The van der Waals surface area contributed by atoms with E-state index in [-0.39, 0.29) is 5.91 Å². The minimum atomic E-state index is 0.193. The molecule has 2 aliphatic rings. The van der Waals surface area contributed by atoms with Crippen molar-refractivity contribution in [3.8, 4) is 0 Å². The summed E-state index contributed by atoms with van der Waals surface area (Å²) in [6.07, 6.45) is 9.94. The second-order valence-electron chi connectivity index (χ2n) is 4.44. The van der Waals surface area contributed by atoms with Crippen LogP contribution in [0.3, 0.4) is 0 Å². The highest BCUT2D eigenvalue weighted by Gasteiger charge is 2.15. The van der Waals surface area contributed by atoms with Gasteiger partial charge in [-0.3, -0.25) is 4.79 Å². The van der Waals surface area contributed by atoms with Gasteiger partial charge in [-0.25, -0.2) is 0 Å². The summed E-state index contributed by atoms with van der Waals surface area (Å²) in [7, 11) is 0. The van der Waals surface area contributed by atoms with Gasteiger partial charge in [0.2, 0.25) is 5.91 Å². The van der Waals surface area contributed by atoms with E-state index in [9.17, 15) is 4.79 Å². The lowest BCUT2D eigenvalue weighted by molar-refractivity contribution is -0.125. The molecule has 0 unspecified atom stereocenters. The molecule has 3 nitrogen and oxygen atoms in total. The van der Waals surface area contributed by atoms with Gasteiger partial charge in [-0.2, -0.15) is 0 Å². The summed E-state index contributed by atoms with van der Waals surface area (Å²) in [4.78, 5) is 15.9. The Kier molecular flexibility index (Phi) is 3.64. The van der Waals surface area contributed by atoms with Crippen LogP contribution in [0.15, 0.2) is 12.3 Å². The van der Waals surface area contributed by atoms with Gasteiger partial charge in [0.1, 0.15) is 0 Å². The molecule has 0 spiro atoms. The third kappa shape index (κ3) is 2.98. The minimum Gasteiger partial charge on any atom is -0.377 e. The first-order valence-corrected chi connectivity index (χ1v) is 6.07. The zero-order valence-corrected chi connectivity index (χ0v) is 9.32. The molecule has 15 heavy (non-hydrogen) atoms. The number of rotatable bonds is 2. The van der Waals surface area contributed by atoms with E-state index >= 15 is 0 Å². The molecule has 3 heteroatoms. The molecule has 0 radical (unpaired) electrons. The maximum Gasteiger partial charge on any atom is 0.248 e. The molecule has 1 amide bonds. The summed E-state index contributed by atoms with van der Waals surface area (Å²) in [5.41, 5.74) is 0. The summed E-state index contributed by atoms with van der Waals surface area (Å²) in [5.74, 6) is 0.193. The fraction of sp³-hybridized carbons (Fsp3) is 0.750. The van der Waals surface area contributed by atoms with Crippen LogP contribution in [0.2, 0.25) is 0 Å². The van der Waals surface area contributed by atoms with Crippen LogP contribution >= 0.6 is 0 Å². The normalized spacial score (nSPS) is 22.7. The van der Waals surface area contributed by atoms with Crippen LogP contribution in [0, 0.1) is 0 Å². The van der Waals surface area contributed by atoms with Gasteiger partial charge in [0, 0.05) is 38.5 Å². The summed E-state index contributed by atoms with van der Waals surface area (Å²) in [5, 5.41) is 0. The zero-order valence-electron chi connectivity index (χ0n) is 9.32. The van der Waals surface area contributed by atoms with Gasteiger partial charge in [-0.1, -0.05) is 0 Å². The van der Waals surface area contributed by atoms with E-state index in [0.29, 0.717) is 0 Å². The molecule has 0 aromatic heterocycles. The molecule has 0 aliphatic carbocycles. The molecule has 0 aromatic rings. The number of carbonyl (C=O) groups excluding carboxylic acids is 1.